The van der Waals surface area contributed by atoms with E-state index in [2.05, 4.69) is 44.4 Å². The van der Waals surface area contributed by atoms with Gasteiger partial charge in [0.25, 0.3) is 5.91 Å². The molecule has 2 aliphatic rings. The lowest BCUT2D eigenvalue weighted by Crippen LogP contribution is -2.47. The largest absolute Gasteiger partial charge is 0.392 e. The van der Waals surface area contributed by atoms with Crippen molar-refractivity contribution in [2.45, 2.75) is 44.4 Å². The number of rotatable bonds is 9. The minimum Gasteiger partial charge on any atom is -0.392 e. The van der Waals surface area contributed by atoms with Gasteiger partial charge in [0, 0.05) is 31.7 Å². The van der Waals surface area contributed by atoms with Crippen LogP contribution in [-0.4, -0.2) is 51.2 Å². The molecule has 2 aromatic carbocycles. The number of piperidine rings is 1. The highest BCUT2D eigenvalue weighted by atomic mass is 16.3. The summed E-state index contributed by atoms with van der Waals surface area (Å²) in [4.78, 5) is 30.5. The first-order valence-electron chi connectivity index (χ1n) is 13.0. The Morgan fingerprint density at radius 3 is 2.47 bits per heavy atom. The van der Waals surface area contributed by atoms with Crippen LogP contribution < -0.4 is 11.1 Å². The molecule has 9 heteroatoms. The van der Waals surface area contributed by atoms with Crippen molar-refractivity contribution in [2.75, 3.05) is 25.0 Å². The number of likely N-dealkylation sites (tertiary alicyclic amines) is 1. The molecule has 1 saturated carbocycles. The number of nitrogens with one attached hydrogen (secondary N) is 1. The summed E-state index contributed by atoms with van der Waals surface area (Å²) in [5, 5.41) is 16.7. The van der Waals surface area contributed by atoms with Gasteiger partial charge in [-0.05, 0) is 54.0 Å². The van der Waals surface area contributed by atoms with Crippen LogP contribution in [0.5, 0.6) is 0 Å². The lowest BCUT2D eigenvalue weighted by atomic mass is 9.87. The minimum atomic E-state index is -0.649. The maximum atomic E-state index is 12.3. The molecular weight excluding hydrogens is 480 g/mol. The number of nitrogens with zero attached hydrogens (tertiary/aromatic N) is 4. The number of hydrogen-bond donors (Lipinski definition) is 3. The van der Waals surface area contributed by atoms with Gasteiger partial charge in [-0.25, -0.2) is 6.57 Å². The van der Waals surface area contributed by atoms with Gasteiger partial charge in [-0.2, -0.15) is 5.10 Å². The van der Waals surface area contributed by atoms with Crippen LogP contribution in [0.2, 0.25) is 0 Å². The van der Waals surface area contributed by atoms with E-state index in [0.29, 0.717) is 12.8 Å². The number of carbonyl (C=O) groups is 2. The number of amides is 2. The lowest BCUT2D eigenvalue weighted by Gasteiger charge is -2.38. The van der Waals surface area contributed by atoms with Crippen LogP contribution in [0.15, 0.2) is 54.7 Å². The van der Waals surface area contributed by atoms with Gasteiger partial charge in [0.05, 0.1) is 6.61 Å². The zero-order valence-electron chi connectivity index (χ0n) is 21.3. The smallest absolute Gasteiger partial charge is 0.254 e. The molecule has 2 amide bonds. The van der Waals surface area contributed by atoms with Crippen molar-refractivity contribution in [1.82, 2.24) is 14.7 Å². The van der Waals surface area contributed by atoms with Gasteiger partial charge in [0.15, 0.2) is 5.82 Å². The van der Waals surface area contributed by atoms with Gasteiger partial charge in [-0.1, -0.05) is 42.5 Å². The first kappa shape index (κ1) is 25.6. The molecule has 1 aliphatic heterocycles. The first-order chi connectivity index (χ1) is 18.4. The summed E-state index contributed by atoms with van der Waals surface area (Å²) in [5.74, 6) is -0.630. The monoisotopic (exact) mass is 512 g/mol. The Balaban J connectivity index is 1.27. The van der Waals surface area contributed by atoms with Crippen LogP contribution in [0.1, 0.15) is 47.2 Å². The number of anilines is 1. The fourth-order valence-electron chi connectivity index (χ4n) is 5.10. The second kappa shape index (κ2) is 10.8. The van der Waals surface area contributed by atoms with Gasteiger partial charge in [-0.3, -0.25) is 19.2 Å². The van der Waals surface area contributed by atoms with E-state index in [1.807, 2.05) is 24.3 Å². The molecule has 0 spiro atoms. The van der Waals surface area contributed by atoms with Crippen LogP contribution >= 0.6 is 0 Å². The Bertz CT molecular complexity index is 1360. The normalized spacial score (nSPS) is 17.1. The second-order valence-electron chi connectivity index (χ2n) is 10.3. The van der Waals surface area contributed by atoms with Gasteiger partial charge in [0.1, 0.15) is 11.1 Å². The predicted octanol–water partition coefficient (Wildman–Crippen LogP) is 3.40. The van der Waals surface area contributed by atoms with E-state index in [1.54, 1.807) is 10.9 Å². The van der Waals surface area contributed by atoms with Crippen molar-refractivity contribution in [2.24, 2.45) is 11.7 Å². The zero-order valence-corrected chi connectivity index (χ0v) is 21.3. The average Bonchev–Trinajstić information content (AvgIpc) is 3.70. The number of nitrogens with two attached hydrogens (primary N) is 1. The van der Waals surface area contributed by atoms with Crippen LogP contribution in [0, 0.1) is 12.5 Å². The molecule has 196 valence electrons. The Morgan fingerprint density at radius 1 is 1.11 bits per heavy atom. The van der Waals surface area contributed by atoms with E-state index >= 15 is 0 Å². The van der Waals surface area contributed by atoms with Gasteiger partial charge < -0.3 is 21.0 Å². The molecule has 1 aliphatic carbocycles. The molecule has 2 fully saturated rings. The van der Waals surface area contributed by atoms with Crippen molar-refractivity contribution in [3.05, 3.63) is 82.8 Å². The molecule has 5 rings (SSSR count). The molecule has 0 unspecified atom stereocenters. The second-order valence-corrected chi connectivity index (χ2v) is 10.3. The Kier molecular flexibility index (Phi) is 7.27. The lowest BCUT2D eigenvalue weighted by molar-refractivity contribution is -0.117. The quantitative estimate of drug-likeness (QED) is 0.380. The van der Waals surface area contributed by atoms with Crippen LogP contribution in [0.3, 0.4) is 0 Å². The summed E-state index contributed by atoms with van der Waals surface area (Å²) in [5.41, 5.74) is 9.47. The van der Waals surface area contributed by atoms with E-state index in [9.17, 15) is 14.7 Å². The van der Waals surface area contributed by atoms with Crippen molar-refractivity contribution in [3.8, 4) is 11.1 Å². The third-order valence-corrected chi connectivity index (χ3v) is 7.62. The molecule has 3 aromatic rings. The Labute approximate surface area is 222 Å². The van der Waals surface area contributed by atoms with Crippen molar-refractivity contribution in [1.29, 1.82) is 0 Å². The molecule has 0 bridgehead atoms. The summed E-state index contributed by atoms with van der Waals surface area (Å²) in [6.07, 6.45) is 4.66. The van der Waals surface area contributed by atoms with E-state index in [4.69, 9.17) is 12.3 Å². The van der Waals surface area contributed by atoms with E-state index < -0.39 is 11.4 Å². The number of aromatic nitrogens is 2. The van der Waals surface area contributed by atoms with Crippen LogP contribution in [0.25, 0.3) is 16.0 Å². The Morgan fingerprint density at radius 2 is 1.84 bits per heavy atom. The number of aliphatic hydroxyl groups excluding tert-OH is 1. The van der Waals surface area contributed by atoms with Gasteiger partial charge in [-0.15, -0.1) is 0 Å². The predicted molar refractivity (Wildman–Crippen MR) is 144 cm³/mol. The summed E-state index contributed by atoms with van der Waals surface area (Å²) < 4.78 is 1.69. The Hall–Kier alpha value is -4.00. The van der Waals surface area contributed by atoms with E-state index in [-0.39, 0.29) is 36.4 Å². The molecule has 9 nitrogen and oxygen atoms in total. The minimum absolute atomic E-state index is 0.0225. The number of primary amides is 1. The molecule has 0 atom stereocenters. The number of hydrogen-bond acceptors (Lipinski definition) is 5. The highest BCUT2D eigenvalue weighted by Crippen LogP contribution is 2.34. The number of aliphatic hydroxyl groups is 1. The summed E-state index contributed by atoms with van der Waals surface area (Å²) >= 11 is 0. The fraction of sp³-hybridized carbons (Fsp3) is 0.379. The fourth-order valence-corrected chi connectivity index (χ4v) is 5.10. The van der Waals surface area contributed by atoms with Gasteiger partial charge in [0.2, 0.25) is 12.5 Å². The molecule has 1 saturated heterocycles. The maximum Gasteiger partial charge on any atom is 0.254 e. The molecule has 1 aromatic heterocycles. The summed E-state index contributed by atoms with van der Waals surface area (Å²) in [6.45, 7) is 10.2. The van der Waals surface area contributed by atoms with Crippen molar-refractivity contribution in [3.63, 3.8) is 0 Å². The standard InChI is InChI=1S/C29H32N6O3/c1-31-19-29(35-17-25(26(30)37)27(33-35)32-28(38)23-9-10-23)11-13-34(14-12-29)16-20-5-7-22(8-6-20)24-4-2-3-21(15-24)18-36/h2-8,15,17,23,36H,9-14,16,18-19H2,(H2,30,37)(H,32,33,38). The van der Waals surface area contributed by atoms with E-state index in [1.165, 1.54) is 5.56 Å². The topological polar surface area (TPSA) is 118 Å². The zero-order chi connectivity index (χ0) is 26.7. The van der Waals surface area contributed by atoms with Crippen molar-refractivity contribution >= 4 is 17.6 Å². The highest BCUT2D eigenvalue weighted by Gasteiger charge is 2.41. The number of carbonyl (C=O) groups excluding carboxylic acids is 2. The average molecular weight is 513 g/mol. The molecule has 4 N–H and O–H groups in total. The third-order valence-electron chi connectivity index (χ3n) is 7.62. The molecule has 2 heterocycles. The highest BCUT2D eigenvalue weighted by molar-refractivity contribution is 6.02. The van der Waals surface area contributed by atoms with Crippen LogP contribution in [-0.2, 0) is 23.5 Å². The van der Waals surface area contributed by atoms with Crippen LogP contribution in [0.4, 0.5) is 5.82 Å². The third kappa shape index (κ3) is 5.47. The molecule has 0 radical (unpaired) electrons. The van der Waals surface area contributed by atoms with Crippen molar-refractivity contribution < 1.29 is 14.7 Å². The molecular formula is C29H32N6O3. The summed E-state index contributed by atoms with van der Waals surface area (Å²) in [6, 6.07) is 16.4. The first-order valence-corrected chi connectivity index (χ1v) is 13.0. The summed E-state index contributed by atoms with van der Waals surface area (Å²) in [7, 11) is 0. The van der Waals surface area contributed by atoms with Gasteiger partial charge >= 0.3 is 0 Å². The SMILES string of the molecule is [C-]#[N+]CC1(n2cc(C(N)=O)c(NC(=O)C3CC3)n2)CCN(Cc2ccc(-c3cccc(CO)c3)cc2)CC1. The molecule has 38 heavy (non-hydrogen) atoms. The maximum absolute atomic E-state index is 12.3. The number of benzene rings is 2. The van der Waals surface area contributed by atoms with E-state index in [0.717, 1.165) is 49.2 Å².